The van der Waals surface area contributed by atoms with Crippen LogP contribution in [0.15, 0.2) is 78.5 Å². The van der Waals surface area contributed by atoms with Gasteiger partial charge in [-0.05, 0) is 67.9 Å². The summed E-state index contributed by atoms with van der Waals surface area (Å²) in [7, 11) is 0. The molecule has 1 N–H and O–H groups in total. The highest BCUT2D eigenvalue weighted by Gasteiger charge is 2.47. The lowest BCUT2D eigenvalue weighted by Gasteiger charge is -2.24. The molecule has 1 fully saturated rings. The molecule has 162 valence electrons. The van der Waals surface area contributed by atoms with E-state index in [0.29, 0.717) is 27.7 Å². The van der Waals surface area contributed by atoms with Gasteiger partial charge in [0, 0.05) is 16.8 Å². The molecule has 2 aromatic carbocycles. The molecule has 4 rings (SSSR count). The Balaban J connectivity index is 1.86. The first-order chi connectivity index (χ1) is 15.4. The van der Waals surface area contributed by atoms with Crippen LogP contribution in [-0.2, 0) is 9.59 Å². The van der Waals surface area contributed by atoms with Gasteiger partial charge in [-0.1, -0.05) is 29.8 Å². The first-order valence-corrected chi connectivity index (χ1v) is 10.5. The third-order valence-corrected chi connectivity index (χ3v) is 5.24. The zero-order chi connectivity index (χ0) is 22.8. The number of halogens is 1. The van der Waals surface area contributed by atoms with Gasteiger partial charge in [-0.15, -0.1) is 0 Å². The zero-order valence-corrected chi connectivity index (χ0v) is 18.3. The number of hydrogen-bond acceptors (Lipinski definition) is 5. The monoisotopic (exact) mass is 448 g/mol. The highest BCUT2D eigenvalue weighted by molar-refractivity contribution is 6.51. The van der Waals surface area contributed by atoms with E-state index in [1.165, 1.54) is 11.1 Å². The molecule has 1 unspecified atom stereocenters. The van der Waals surface area contributed by atoms with E-state index in [2.05, 4.69) is 4.98 Å². The number of carbonyl (C=O) groups excluding carboxylic acids is 2. The molecule has 0 radical (unpaired) electrons. The fourth-order valence-electron chi connectivity index (χ4n) is 3.68. The van der Waals surface area contributed by atoms with Crippen LogP contribution in [0.1, 0.15) is 31.0 Å². The van der Waals surface area contributed by atoms with Gasteiger partial charge >= 0.3 is 5.91 Å². The molecule has 3 aromatic rings. The number of nitrogens with zero attached hydrogens (tertiary/aromatic N) is 2. The van der Waals surface area contributed by atoms with Crippen molar-refractivity contribution in [2.24, 2.45) is 0 Å². The van der Waals surface area contributed by atoms with Crippen LogP contribution in [-0.4, -0.2) is 27.9 Å². The summed E-state index contributed by atoms with van der Waals surface area (Å²) in [4.78, 5) is 31.7. The molecule has 1 aromatic heterocycles. The maximum Gasteiger partial charge on any atom is 0.301 e. The normalized spacial score (nSPS) is 17.8. The summed E-state index contributed by atoms with van der Waals surface area (Å²) in [5, 5.41) is 11.6. The summed E-state index contributed by atoms with van der Waals surface area (Å²) in [5.41, 5.74) is 0.955. The van der Waals surface area contributed by atoms with E-state index in [1.807, 2.05) is 13.8 Å². The van der Waals surface area contributed by atoms with E-state index < -0.39 is 17.7 Å². The molecule has 0 spiro atoms. The molecule has 6 nitrogen and oxygen atoms in total. The van der Waals surface area contributed by atoms with Gasteiger partial charge in [-0.25, -0.2) is 4.98 Å². The number of benzene rings is 2. The fourth-order valence-corrected chi connectivity index (χ4v) is 3.87. The maximum absolute atomic E-state index is 13.1. The van der Waals surface area contributed by atoms with Crippen LogP contribution in [0.4, 0.5) is 5.82 Å². The highest BCUT2D eigenvalue weighted by atomic mass is 35.5. The second kappa shape index (κ2) is 8.85. The van der Waals surface area contributed by atoms with Gasteiger partial charge in [0.05, 0.1) is 17.7 Å². The third kappa shape index (κ3) is 4.09. The van der Waals surface area contributed by atoms with Crippen LogP contribution in [0.3, 0.4) is 0 Å². The number of pyridine rings is 1. The fraction of sp³-hybridized carbons (Fsp3) is 0.160. The first-order valence-electron chi connectivity index (χ1n) is 10.1. The molecular weight excluding hydrogens is 428 g/mol. The van der Waals surface area contributed by atoms with Crippen LogP contribution >= 0.6 is 11.6 Å². The lowest BCUT2D eigenvalue weighted by molar-refractivity contribution is -0.132. The van der Waals surface area contributed by atoms with Gasteiger partial charge in [0.15, 0.2) is 0 Å². The molecule has 0 aliphatic carbocycles. The minimum absolute atomic E-state index is 0.000901. The Morgan fingerprint density at radius 3 is 2.44 bits per heavy atom. The van der Waals surface area contributed by atoms with Crippen molar-refractivity contribution in [2.45, 2.75) is 26.0 Å². The van der Waals surface area contributed by atoms with Gasteiger partial charge in [-0.2, -0.15) is 0 Å². The molecule has 32 heavy (non-hydrogen) atoms. The van der Waals surface area contributed by atoms with E-state index in [0.717, 1.165) is 0 Å². The summed E-state index contributed by atoms with van der Waals surface area (Å²) < 4.78 is 5.64. The quantitative estimate of drug-likeness (QED) is 0.332. The Morgan fingerprint density at radius 2 is 1.81 bits per heavy atom. The van der Waals surface area contributed by atoms with Gasteiger partial charge in [-0.3, -0.25) is 14.5 Å². The predicted molar refractivity (Wildman–Crippen MR) is 123 cm³/mol. The van der Waals surface area contributed by atoms with Crippen molar-refractivity contribution in [2.75, 3.05) is 4.90 Å². The number of rotatable bonds is 5. The van der Waals surface area contributed by atoms with Gasteiger partial charge < -0.3 is 9.84 Å². The Hall–Kier alpha value is -3.64. The van der Waals surface area contributed by atoms with E-state index in [-0.39, 0.29) is 17.4 Å². The minimum Gasteiger partial charge on any atom is -0.507 e. The predicted octanol–water partition coefficient (Wildman–Crippen LogP) is 5.15. The smallest absolute Gasteiger partial charge is 0.301 e. The number of aliphatic hydroxyl groups excluding tert-OH is 1. The van der Waals surface area contributed by atoms with Crippen molar-refractivity contribution in [1.29, 1.82) is 0 Å². The largest absolute Gasteiger partial charge is 0.507 e. The minimum atomic E-state index is -0.879. The summed E-state index contributed by atoms with van der Waals surface area (Å²) in [5.74, 6) is -0.894. The highest BCUT2D eigenvalue weighted by Crippen LogP contribution is 2.42. The van der Waals surface area contributed by atoms with Gasteiger partial charge in [0.25, 0.3) is 5.78 Å². The summed E-state index contributed by atoms with van der Waals surface area (Å²) in [6, 6.07) is 17.8. The number of aliphatic hydroxyl groups is 1. The molecular formula is C25H21ClN2O4. The van der Waals surface area contributed by atoms with Crippen LogP contribution in [0.2, 0.25) is 5.02 Å². The number of hydrogen-bond donors (Lipinski definition) is 1. The zero-order valence-electron chi connectivity index (χ0n) is 17.5. The molecule has 1 saturated heterocycles. The Kier molecular flexibility index (Phi) is 5.97. The standard InChI is InChI=1S/C25H21ClN2O4/c1-15(2)32-19-11-9-16(10-12-19)23(29)21-22(17-6-5-7-18(26)14-17)28(25(31)24(21)30)20-8-3-4-13-27-20/h3-15,22,29H,1-2H3. The van der Waals surface area contributed by atoms with Crippen LogP contribution < -0.4 is 9.64 Å². The summed E-state index contributed by atoms with van der Waals surface area (Å²) in [6.07, 6.45) is 1.54. The Bertz CT molecular complexity index is 1190. The molecule has 0 saturated carbocycles. The van der Waals surface area contributed by atoms with Crippen molar-refractivity contribution >= 4 is 34.9 Å². The Labute approximate surface area is 190 Å². The summed E-state index contributed by atoms with van der Waals surface area (Å²) >= 11 is 6.20. The molecule has 7 heteroatoms. The van der Waals surface area contributed by atoms with Gasteiger partial charge in [0.2, 0.25) is 0 Å². The van der Waals surface area contributed by atoms with Crippen LogP contribution in [0.5, 0.6) is 5.75 Å². The lowest BCUT2D eigenvalue weighted by atomic mass is 9.95. The number of aromatic nitrogens is 1. The number of ketones is 1. The van der Waals surface area contributed by atoms with Gasteiger partial charge in [0.1, 0.15) is 17.3 Å². The molecule has 1 atom stereocenters. The lowest BCUT2D eigenvalue weighted by Crippen LogP contribution is -2.30. The van der Waals surface area contributed by atoms with Crippen molar-refractivity contribution in [3.05, 3.63) is 94.6 Å². The van der Waals surface area contributed by atoms with E-state index in [9.17, 15) is 14.7 Å². The van der Waals surface area contributed by atoms with Crippen LogP contribution in [0, 0.1) is 0 Å². The molecule has 2 heterocycles. The average molecular weight is 449 g/mol. The number of anilines is 1. The Morgan fingerprint density at radius 1 is 1.06 bits per heavy atom. The molecule has 1 aliphatic heterocycles. The topological polar surface area (TPSA) is 79.7 Å². The number of Topliss-reactive ketones (excluding diaryl/α,β-unsaturated/α-hetero) is 1. The third-order valence-electron chi connectivity index (χ3n) is 5.00. The SMILES string of the molecule is CC(C)Oc1ccc(C(O)=C2C(=O)C(=O)N(c3ccccn3)C2c2cccc(Cl)c2)cc1. The van der Waals surface area contributed by atoms with Crippen molar-refractivity contribution in [3.63, 3.8) is 0 Å². The average Bonchev–Trinajstić information content (AvgIpc) is 3.05. The number of amides is 1. The second-order valence-electron chi connectivity index (χ2n) is 7.60. The number of carbonyl (C=O) groups is 2. The maximum atomic E-state index is 13.1. The van der Waals surface area contributed by atoms with E-state index in [4.69, 9.17) is 16.3 Å². The van der Waals surface area contributed by atoms with E-state index in [1.54, 1.807) is 66.7 Å². The summed E-state index contributed by atoms with van der Waals surface area (Å²) in [6.45, 7) is 3.83. The molecule has 1 aliphatic rings. The first kappa shape index (κ1) is 21.6. The van der Waals surface area contributed by atoms with Crippen molar-refractivity contribution in [3.8, 4) is 5.75 Å². The second-order valence-corrected chi connectivity index (χ2v) is 8.04. The van der Waals surface area contributed by atoms with Crippen LogP contribution in [0.25, 0.3) is 5.76 Å². The molecule has 0 bridgehead atoms. The van der Waals surface area contributed by atoms with Crippen molar-refractivity contribution < 1.29 is 19.4 Å². The van der Waals surface area contributed by atoms with Crippen molar-refractivity contribution in [1.82, 2.24) is 4.98 Å². The number of ether oxygens (including phenoxy) is 1. The molecule has 1 amide bonds. The van der Waals surface area contributed by atoms with E-state index >= 15 is 0 Å².